The van der Waals surface area contributed by atoms with E-state index < -0.39 is 0 Å². The van der Waals surface area contributed by atoms with E-state index in [-0.39, 0.29) is 0 Å². The van der Waals surface area contributed by atoms with Crippen LogP contribution in [-0.2, 0) is 6.42 Å². The fourth-order valence-electron chi connectivity index (χ4n) is 2.79. The first-order valence-corrected chi connectivity index (χ1v) is 9.12. The van der Waals surface area contributed by atoms with Crippen LogP contribution in [0.2, 0.25) is 0 Å². The van der Waals surface area contributed by atoms with Crippen LogP contribution in [0.15, 0.2) is 29.4 Å². The van der Waals surface area contributed by atoms with Crippen molar-refractivity contribution in [3.05, 3.63) is 35.4 Å². The van der Waals surface area contributed by atoms with Crippen molar-refractivity contribution in [2.24, 2.45) is 5.16 Å². The van der Waals surface area contributed by atoms with Crippen LogP contribution in [0.4, 0.5) is 0 Å². The lowest BCUT2D eigenvalue weighted by atomic mass is 10.0. The SMILES string of the molecule is CCCCCCCCCCC/C(=N\O)c1ccc(CC)cc1. The van der Waals surface area contributed by atoms with E-state index in [2.05, 4.69) is 43.3 Å². The van der Waals surface area contributed by atoms with Crippen molar-refractivity contribution in [2.75, 3.05) is 0 Å². The smallest absolute Gasteiger partial charge is 0.0867 e. The lowest BCUT2D eigenvalue weighted by Crippen LogP contribution is -2.01. The molecule has 0 aromatic heterocycles. The summed E-state index contributed by atoms with van der Waals surface area (Å²) in [5, 5.41) is 12.7. The molecule has 1 aromatic carbocycles. The normalized spacial score (nSPS) is 11.8. The Balaban J connectivity index is 2.16. The topological polar surface area (TPSA) is 32.6 Å². The summed E-state index contributed by atoms with van der Waals surface area (Å²) in [7, 11) is 0. The minimum Gasteiger partial charge on any atom is -0.411 e. The van der Waals surface area contributed by atoms with E-state index in [1.165, 1.54) is 56.9 Å². The molecule has 0 unspecified atom stereocenters. The maximum absolute atomic E-state index is 9.22. The van der Waals surface area contributed by atoms with Crippen molar-refractivity contribution in [3.8, 4) is 0 Å². The van der Waals surface area contributed by atoms with E-state index in [9.17, 15) is 5.21 Å². The maximum atomic E-state index is 9.22. The minimum absolute atomic E-state index is 0.825. The van der Waals surface area contributed by atoms with Crippen molar-refractivity contribution < 1.29 is 5.21 Å². The predicted molar refractivity (Wildman–Crippen MR) is 96.0 cm³/mol. The van der Waals surface area contributed by atoms with Crippen LogP contribution in [0.25, 0.3) is 0 Å². The average molecular weight is 303 g/mol. The molecule has 0 fully saturated rings. The summed E-state index contributed by atoms with van der Waals surface area (Å²) in [4.78, 5) is 0. The summed E-state index contributed by atoms with van der Waals surface area (Å²) in [5.41, 5.74) is 3.20. The van der Waals surface area contributed by atoms with Crippen molar-refractivity contribution in [3.63, 3.8) is 0 Å². The van der Waals surface area contributed by atoms with Gasteiger partial charge in [-0.3, -0.25) is 0 Å². The van der Waals surface area contributed by atoms with Crippen LogP contribution in [0.1, 0.15) is 89.2 Å². The molecule has 0 saturated carbocycles. The van der Waals surface area contributed by atoms with Crippen molar-refractivity contribution in [1.82, 2.24) is 0 Å². The maximum Gasteiger partial charge on any atom is 0.0867 e. The van der Waals surface area contributed by atoms with E-state index in [0.717, 1.165) is 30.5 Å². The molecule has 124 valence electrons. The minimum atomic E-state index is 0.825. The van der Waals surface area contributed by atoms with Crippen LogP contribution in [0.5, 0.6) is 0 Å². The Morgan fingerprint density at radius 1 is 0.818 bits per heavy atom. The van der Waals surface area contributed by atoms with Gasteiger partial charge in [-0.2, -0.15) is 0 Å². The molecule has 0 amide bonds. The van der Waals surface area contributed by atoms with E-state index in [0.29, 0.717) is 0 Å². The zero-order valence-corrected chi connectivity index (χ0v) is 14.5. The summed E-state index contributed by atoms with van der Waals surface area (Å²) in [6.07, 6.45) is 13.8. The van der Waals surface area contributed by atoms with Crippen LogP contribution >= 0.6 is 0 Å². The van der Waals surface area contributed by atoms with Gasteiger partial charge in [0.15, 0.2) is 0 Å². The Bertz CT molecular complexity index is 408. The van der Waals surface area contributed by atoms with E-state index >= 15 is 0 Å². The third-order valence-electron chi connectivity index (χ3n) is 4.33. The highest BCUT2D eigenvalue weighted by Crippen LogP contribution is 2.14. The standard InChI is InChI=1S/C20H33NO/c1-3-5-6-7-8-9-10-11-12-13-20(21-22)19-16-14-18(4-2)15-17-19/h14-17,22H,3-13H2,1-2H3/b21-20+. The Hall–Kier alpha value is -1.31. The summed E-state index contributed by atoms with van der Waals surface area (Å²) in [6, 6.07) is 8.39. The molecule has 0 saturated heterocycles. The van der Waals surface area contributed by atoms with Gasteiger partial charge in [0.2, 0.25) is 0 Å². The lowest BCUT2D eigenvalue weighted by Gasteiger charge is -2.06. The lowest BCUT2D eigenvalue weighted by molar-refractivity contribution is 0.317. The van der Waals surface area contributed by atoms with Crippen molar-refractivity contribution >= 4 is 5.71 Å². The Labute approximate surface area is 136 Å². The molecule has 0 heterocycles. The fourth-order valence-corrected chi connectivity index (χ4v) is 2.79. The molecule has 2 nitrogen and oxygen atoms in total. The van der Waals surface area contributed by atoms with Gasteiger partial charge in [0.25, 0.3) is 0 Å². The number of hydrogen-bond acceptors (Lipinski definition) is 2. The molecule has 22 heavy (non-hydrogen) atoms. The molecule has 0 bridgehead atoms. The van der Waals surface area contributed by atoms with Crippen LogP contribution < -0.4 is 0 Å². The number of hydrogen-bond donors (Lipinski definition) is 1. The first kappa shape index (κ1) is 18.7. The monoisotopic (exact) mass is 303 g/mol. The van der Waals surface area contributed by atoms with Gasteiger partial charge in [0.1, 0.15) is 0 Å². The number of aryl methyl sites for hydroxylation is 1. The van der Waals surface area contributed by atoms with E-state index in [1.807, 2.05) is 0 Å². The zero-order chi connectivity index (χ0) is 16.0. The van der Waals surface area contributed by atoms with Gasteiger partial charge in [-0.25, -0.2) is 0 Å². The van der Waals surface area contributed by atoms with Gasteiger partial charge in [0, 0.05) is 0 Å². The first-order chi connectivity index (χ1) is 10.8. The second-order valence-corrected chi connectivity index (χ2v) is 6.18. The first-order valence-electron chi connectivity index (χ1n) is 9.12. The molecule has 2 heteroatoms. The quantitative estimate of drug-likeness (QED) is 0.207. The van der Waals surface area contributed by atoms with Crippen molar-refractivity contribution in [1.29, 1.82) is 0 Å². The van der Waals surface area contributed by atoms with Gasteiger partial charge in [-0.05, 0) is 30.4 Å². The van der Waals surface area contributed by atoms with Gasteiger partial charge in [0.05, 0.1) is 5.71 Å². The van der Waals surface area contributed by atoms with Crippen LogP contribution in [0.3, 0.4) is 0 Å². The molecule has 0 aliphatic rings. The predicted octanol–water partition coefficient (Wildman–Crippen LogP) is 6.35. The van der Waals surface area contributed by atoms with Gasteiger partial charge < -0.3 is 5.21 Å². The number of nitrogens with zero attached hydrogens (tertiary/aromatic N) is 1. The molecule has 0 aliphatic heterocycles. The highest BCUT2D eigenvalue weighted by molar-refractivity contribution is 6.00. The molecular formula is C20H33NO. The van der Waals surface area contributed by atoms with Crippen LogP contribution in [-0.4, -0.2) is 10.9 Å². The average Bonchev–Trinajstić information content (AvgIpc) is 2.57. The van der Waals surface area contributed by atoms with E-state index in [1.54, 1.807) is 0 Å². The second kappa shape index (κ2) is 12.3. The zero-order valence-electron chi connectivity index (χ0n) is 14.5. The summed E-state index contributed by atoms with van der Waals surface area (Å²) in [5.74, 6) is 0. The molecule has 1 rings (SSSR count). The van der Waals surface area contributed by atoms with Crippen molar-refractivity contribution in [2.45, 2.75) is 84.5 Å². The van der Waals surface area contributed by atoms with Gasteiger partial charge in [-0.15, -0.1) is 0 Å². The largest absolute Gasteiger partial charge is 0.411 e. The Kier molecular flexibility index (Phi) is 10.4. The Morgan fingerprint density at radius 3 is 1.86 bits per heavy atom. The molecule has 0 radical (unpaired) electrons. The number of rotatable bonds is 12. The summed E-state index contributed by atoms with van der Waals surface area (Å²) in [6.45, 7) is 4.41. The van der Waals surface area contributed by atoms with Gasteiger partial charge in [-0.1, -0.05) is 94.6 Å². The summed E-state index contributed by atoms with van der Waals surface area (Å²) < 4.78 is 0. The molecule has 0 aliphatic carbocycles. The second-order valence-electron chi connectivity index (χ2n) is 6.18. The number of unbranched alkanes of at least 4 members (excludes halogenated alkanes) is 8. The number of benzene rings is 1. The Morgan fingerprint density at radius 2 is 1.36 bits per heavy atom. The third kappa shape index (κ3) is 7.63. The highest BCUT2D eigenvalue weighted by atomic mass is 16.4. The fraction of sp³-hybridized carbons (Fsp3) is 0.650. The molecule has 1 aromatic rings. The molecule has 0 spiro atoms. The van der Waals surface area contributed by atoms with E-state index in [4.69, 9.17) is 0 Å². The number of oxime groups is 1. The third-order valence-corrected chi connectivity index (χ3v) is 4.33. The molecule has 0 atom stereocenters. The summed E-state index contributed by atoms with van der Waals surface area (Å²) >= 11 is 0. The molecule has 1 N–H and O–H groups in total. The van der Waals surface area contributed by atoms with Gasteiger partial charge >= 0.3 is 0 Å². The highest BCUT2D eigenvalue weighted by Gasteiger charge is 2.04. The molecular weight excluding hydrogens is 270 g/mol. The van der Waals surface area contributed by atoms with Crippen LogP contribution in [0, 0.1) is 0 Å².